The van der Waals surface area contributed by atoms with Crippen LogP contribution in [0.3, 0.4) is 0 Å². The smallest absolute Gasteiger partial charge is 0.315 e. The minimum atomic E-state index is 0.508. The molecule has 0 N–H and O–H groups in total. The molecule has 0 amide bonds. The van der Waals surface area contributed by atoms with Gasteiger partial charge in [-0.3, -0.25) is 4.57 Å². The van der Waals surface area contributed by atoms with Gasteiger partial charge in [0.15, 0.2) is 5.82 Å². The third-order valence-electron chi connectivity index (χ3n) is 2.32. The summed E-state index contributed by atoms with van der Waals surface area (Å²) in [5, 5.41) is 4.93. The minimum absolute atomic E-state index is 0.508. The normalized spacial score (nSPS) is 11.0. The van der Waals surface area contributed by atoms with Crippen molar-refractivity contribution in [2.75, 3.05) is 0 Å². The number of nitrogens with zero attached hydrogens (tertiary/aromatic N) is 3. The highest BCUT2D eigenvalue weighted by Gasteiger charge is 2.07. The van der Waals surface area contributed by atoms with Gasteiger partial charge in [0.05, 0.1) is 5.52 Å². The Labute approximate surface area is 86.1 Å². The molecule has 3 aromatic rings. The summed E-state index contributed by atoms with van der Waals surface area (Å²) >= 11 is 0. The second-order valence-electron chi connectivity index (χ2n) is 3.37. The standard InChI is InChI=1S/C11H9N3O/c1-8-12-11(15-13-8)14-7-6-9-4-2-3-5-10(9)14/h2-7H,1H3. The highest BCUT2D eigenvalue weighted by molar-refractivity contribution is 5.81. The highest BCUT2D eigenvalue weighted by atomic mass is 16.5. The van der Waals surface area contributed by atoms with E-state index in [-0.39, 0.29) is 0 Å². The zero-order valence-electron chi connectivity index (χ0n) is 8.21. The van der Waals surface area contributed by atoms with E-state index in [1.165, 1.54) is 0 Å². The van der Waals surface area contributed by atoms with Crippen LogP contribution in [0.2, 0.25) is 0 Å². The Hall–Kier alpha value is -2.10. The van der Waals surface area contributed by atoms with Gasteiger partial charge in [0.2, 0.25) is 0 Å². The van der Waals surface area contributed by atoms with Gasteiger partial charge in [-0.15, -0.1) is 0 Å². The zero-order chi connectivity index (χ0) is 10.3. The first-order valence-corrected chi connectivity index (χ1v) is 4.71. The maximum atomic E-state index is 5.12. The number of rotatable bonds is 1. The Balaban J connectivity index is 2.27. The Morgan fingerprint density at radius 1 is 1.20 bits per heavy atom. The van der Waals surface area contributed by atoms with E-state index < -0.39 is 0 Å². The van der Waals surface area contributed by atoms with Gasteiger partial charge in [0.1, 0.15) is 0 Å². The topological polar surface area (TPSA) is 43.9 Å². The number of benzene rings is 1. The predicted octanol–water partition coefficient (Wildman–Crippen LogP) is 2.32. The molecule has 0 bridgehead atoms. The number of aromatic nitrogens is 3. The van der Waals surface area contributed by atoms with Crippen LogP contribution in [-0.4, -0.2) is 14.7 Å². The minimum Gasteiger partial charge on any atom is -0.315 e. The molecule has 2 heterocycles. The van der Waals surface area contributed by atoms with Crippen LogP contribution < -0.4 is 0 Å². The molecule has 0 aliphatic heterocycles. The lowest BCUT2D eigenvalue weighted by molar-refractivity contribution is 0.401. The predicted molar refractivity (Wildman–Crippen MR) is 55.9 cm³/mol. The molecule has 0 aliphatic carbocycles. The molecular weight excluding hydrogens is 190 g/mol. The van der Waals surface area contributed by atoms with Crippen molar-refractivity contribution in [3.63, 3.8) is 0 Å². The molecule has 15 heavy (non-hydrogen) atoms. The fourth-order valence-electron chi connectivity index (χ4n) is 1.63. The Kier molecular flexibility index (Phi) is 1.62. The fourth-order valence-corrected chi connectivity index (χ4v) is 1.63. The molecule has 0 aliphatic rings. The van der Waals surface area contributed by atoms with E-state index in [2.05, 4.69) is 16.2 Å². The summed E-state index contributed by atoms with van der Waals surface area (Å²) in [5.74, 6) is 0.641. The van der Waals surface area contributed by atoms with E-state index in [1.807, 2.05) is 35.0 Å². The van der Waals surface area contributed by atoms with Gasteiger partial charge in [-0.2, -0.15) is 4.98 Å². The first-order valence-electron chi connectivity index (χ1n) is 4.71. The van der Waals surface area contributed by atoms with Gasteiger partial charge in [-0.05, 0) is 19.1 Å². The molecule has 4 nitrogen and oxygen atoms in total. The van der Waals surface area contributed by atoms with Crippen molar-refractivity contribution in [1.82, 2.24) is 14.7 Å². The van der Waals surface area contributed by atoms with Crippen molar-refractivity contribution in [3.05, 3.63) is 42.4 Å². The van der Waals surface area contributed by atoms with Crippen molar-refractivity contribution in [1.29, 1.82) is 0 Å². The number of aryl methyl sites for hydroxylation is 1. The molecule has 0 saturated carbocycles. The third-order valence-corrected chi connectivity index (χ3v) is 2.32. The first kappa shape index (κ1) is 8.23. The summed E-state index contributed by atoms with van der Waals surface area (Å²) < 4.78 is 7.00. The van der Waals surface area contributed by atoms with Gasteiger partial charge in [-0.1, -0.05) is 23.4 Å². The summed E-state index contributed by atoms with van der Waals surface area (Å²) in [7, 11) is 0. The summed E-state index contributed by atoms with van der Waals surface area (Å²) in [6, 6.07) is 10.6. The molecule has 1 aromatic carbocycles. The number of hydrogen-bond acceptors (Lipinski definition) is 3. The lowest BCUT2D eigenvalue weighted by Crippen LogP contribution is -1.91. The quantitative estimate of drug-likeness (QED) is 0.604. The molecule has 0 fully saturated rings. The Morgan fingerprint density at radius 2 is 2.07 bits per heavy atom. The van der Waals surface area contributed by atoms with Crippen LogP contribution in [0.4, 0.5) is 0 Å². The summed E-state index contributed by atoms with van der Waals surface area (Å²) in [5.41, 5.74) is 1.07. The molecule has 2 aromatic heterocycles. The number of fused-ring (bicyclic) bond motifs is 1. The summed E-state index contributed by atoms with van der Waals surface area (Å²) in [4.78, 5) is 4.19. The lowest BCUT2D eigenvalue weighted by atomic mass is 10.2. The molecule has 0 saturated heterocycles. The highest BCUT2D eigenvalue weighted by Crippen LogP contribution is 2.18. The van der Waals surface area contributed by atoms with Crippen molar-refractivity contribution in [3.8, 4) is 6.01 Å². The second-order valence-corrected chi connectivity index (χ2v) is 3.37. The fraction of sp³-hybridized carbons (Fsp3) is 0.0909. The molecular formula is C11H9N3O. The average molecular weight is 199 g/mol. The average Bonchev–Trinajstić information content (AvgIpc) is 2.83. The van der Waals surface area contributed by atoms with Crippen LogP contribution in [0.1, 0.15) is 5.82 Å². The molecule has 0 spiro atoms. The van der Waals surface area contributed by atoms with Gasteiger partial charge < -0.3 is 4.52 Å². The van der Waals surface area contributed by atoms with E-state index in [9.17, 15) is 0 Å². The van der Waals surface area contributed by atoms with Gasteiger partial charge in [0, 0.05) is 11.6 Å². The zero-order valence-corrected chi connectivity index (χ0v) is 8.21. The Bertz CT molecular complexity index is 609. The largest absolute Gasteiger partial charge is 0.332 e. The van der Waals surface area contributed by atoms with Crippen LogP contribution >= 0.6 is 0 Å². The van der Waals surface area contributed by atoms with E-state index in [0.29, 0.717) is 11.8 Å². The van der Waals surface area contributed by atoms with E-state index >= 15 is 0 Å². The lowest BCUT2D eigenvalue weighted by Gasteiger charge is -1.96. The van der Waals surface area contributed by atoms with Crippen LogP contribution in [0.25, 0.3) is 16.9 Å². The van der Waals surface area contributed by atoms with Crippen molar-refractivity contribution < 1.29 is 4.52 Å². The number of hydrogen-bond donors (Lipinski definition) is 0. The maximum absolute atomic E-state index is 5.12. The SMILES string of the molecule is Cc1noc(-n2ccc3ccccc32)n1. The van der Waals surface area contributed by atoms with Crippen molar-refractivity contribution in [2.24, 2.45) is 0 Å². The first-order chi connectivity index (χ1) is 7.34. The van der Waals surface area contributed by atoms with Crippen LogP contribution in [0, 0.1) is 6.92 Å². The van der Waals surface area contributed by atoms with Gasteiger partial charge in [0.25, 0.3) is 0 Å². The number of para-hydroxylation sites is 1. The van der Waals surface area contributed by atoms with E-state index in [1.54, 1.807) is 6.92 Å². The maximum Gasteiger partial charge on any atom is 0.332 e. The van der Waals surface area contributed by atoms with Crippen LogP contribution in [-0.2, 0) is 0 Å². The van der Waals surface area contributed by atoms with Crippen molar-refractivity contribution in [2.45, 2.75) is 6.92 Å². The Morgan fingerprint density at radius 3 is 2.87 bits per heavy atom. The molecule has 0 unspecified atom stereocenters. The summed E-state index contributed by atoms with van der Waals surface area (Å²) in [6.07, 6.45) is 1.93. The van der Waals surface area contributed by atoms with Crippen molar-refractivity contribution >= 4 is 10.9 Å². The monoisotopic (exact) mass is 199 g/mol. The van der Waals surface area contributed by atoms with E-state index in [0.717, 1.165) is 10.9 Å². The summed E-state index contributed by atoms with van der Waals surface area (Å²) in [6.45, 7) is 1.80. The van der Waals surface area contributed by atoms with Crippen LogP contribution in [0.5, 0.6) is 0 Å². The van der Waals surface area contributed by atoms with Crippen LogP contribution in [0.15, 0.2) is 41.1 Å². The van der Waals surface area contributed by atoms with Gasteiger partial charge in [-0.25, -0.2) is 0 Å². The third kappa shape index (κ3) is 1.22. The van der Waals surface area contributed by atoms with E-state index in [4.69, 9.17) is 4.52 Å². The second kappa shape index (κ2) is 2.95. The molecule has 74 valence electrons. The molecule has 4 heteroatoms. The molecule has 3 rings (SSSR count). The molecule has 0 atom stereocenters. The van der Waals surface area contributed by atoms with Gasteiger partial charge >= 0.3 is 6.01 Å². The molecule has 0 radical (unpaired) electrons.